The van der Waals surface area contributed by atoms with Crippen molar-refractivity contribution in [3.05, 3.63) is 59.0 Å². The normalized spacial score (nSPS) is 10.9. The van der Waals surface area contributed by atoms with E-state index in [1.54, 1.807) is 4.57 Å². The largest absolute Gasteiger partial charge is 0.331 e. The van der Waals surface area contributed by atoms with Crippen LogP contribution in [0.3, 0.4) is 0 Å². The number of nitrogens with zero attached hydrogens (tertiary/aromatic N) is 1. The molecule has 0 unspecified atom stereocenters. The first-order valence-electron chi connectivity index (χ1n) is 5.25. The summed E-state index contributed by atoms with van der Waals surface area (Å²) in [5.41, 5.74) is 2.43. The summed E-state index contributed by atoms with van der Waals surface area (Å²) >= 11 is 4.23. The second-order valence-corrected chi connectivity index (χ2v) is 4.32. The van der Waals surface area contributed by atoms with Gasteiger partial charge >= 0.3 is 5.69 Å². The fraction of sp³-hybridized carbons (Fsp3) is 0. The lowest BCUT2D eigenvalue weighted by atomic mass is 10.3. The number of aromatic nitrogens is 2. The van der Waals surface area contributed by atoms with E-state index in [4.69, 9.17) is 0 Å². The second kappa shape index (κ2) is 3.82. The zero-order chi connectivity index (χ0) is 11.8. The maximum Gasteiger partial charge on any atom is 0.331 e. The van der Waals surface area contributed by atoms with E-state index in [0.29, 0.717) is 0 Å². The number of para-hydroxylation sites is 2. The number of nitrogens with one attached hydrogen (secondary N) is 1. The highest BCUT2D eigenvalue weighted by Gasteiger charge is 2.07. The van der Waals surface area contributed by atoms with Crippen LogP contribution in [-0.4, -0.2) is 9.55 Å². The van der Waals surface area contributed by atoms with E-state index in [2.05, 4.69) is 17.6 Å². The van der Waals surface area contributed by atoms with Gasteiger partial charge in [-0.1, -0.05) is 12.1 Å². The third kappa shape index (κ3) is 1.66. The highest BCUT2D eigenvalue weighted by Crippen LogP contribution is 2.16. The van der Waals surface area contributed by atoms with Gasteiger partial charge < -0.3 is 4.98 Å². The first-order chi connectivity index (χ1) is 8.25. The van der Waals surface area contributed by atoms with E-state index in [-0.39, 0.29) is 5.69 Å². The molecule has 0 amide bonds. The Labute approximate surface area is 103 Å². The van der Waals surface area contributed by atoms with E-state index in [0.717, 1.165) is 21.6 Å². The summed E-state index contributed by atoms with van der Waals surface area (Å²) in [4.78, 5) is 15.6. The summed E-state index contributed by atoms with van der Waals surface area (Å²) in [5.74, 6) is 0. The molecule has 1 heterocycles. The number of hydrogen-bond donors (Lipinski definition) is 2. The summed E-state index contributed by atoms with van der Waals surface area (Å²) < 4.78 is 1.66. The first-order valence-corrected chi connectivity index (χ1v) is 5.69. The number of rotatable bonds is 1. The zero-order valence-electron chi connectivity index (χ0n) is 8.92. The molecule has 1 N–H and O–H groups in total. The topological polar surface area (TPSA) is 37.8 Å². The molecule has 84 valence electrons. The molecule has 17 heavy (non-hydrogen) atoms. The van der Waals surface area contributed by atoms with Gasteiger partial charge in [-0.3, -0.25) is 4.57 Å². The molecule has 3 nitrogen and oxygen atoms in total. The Morgan fingerprint density at radius 3 is 2.47 bits per heavy atom. The molecule has 0 aliphatic heterocycles. The summed E-state index contributed by atoms with van der Waals surface area (Å²) in [6, 6.07) is 15.1. The van der Waals surface area contributed by atoms with E-state index < -0.39 is 0 Å². The van der Waals surface area contributed by atoms with Crippen molar-refractivity contribution in [2.45, 2.75) is 4.90 Å². The Morgan fingerprint density at radius 1 is 1.00 bits per heavy atom. The van der Waals surface area contributed by atoms with Gasteiger partial charge in [0.05, 0.1) is 16.7 Å². The van der Waals surface area contributed by atoms with E-state index in [1.165, 1.54) is 0 Å². The highest BCUT2D eigenvalue weighted by molar-refractivity contribution is 7.80. The van der Waals surface area contributed by atoms with E-state index >= 15 is 0 Å². The number of fused-ring (bicyclic) bond motifs is 1. The van der Waals surface area contributed by atoms with E-state index in [9.17, 15) is 4.79 Å². The third-order valence-corrected chi connectivity index (χ3v) is 3.00. The highest BCUT2D eigenvalue weighted by atomic mass is 32.1. The molecule has 3 aromatic rings. The van der Waals surface area contributed by atoms with Gasteiger partial charge in [-0.2, -0.15) is 0 Å². The standard InChI is InChI=1S/C13H10N2OS/c16-13-14-11-3-1-2-4-12(11)15(13)9-5-7-10(17)8-6-9/h1-8,17H,(H,14,16). The Hall–Kier alpha value is -1.94. The van der Waals surface area contributed by atoms with Crippen LogP contribution in [0.5, 0.6) is 0 Å². The molecule has 0 saturated heterocycles. The van der Waals surface area contributed by atoms with Gasteiger partial charge in [-0.15, -0.1) is 12.6 Å². The lowest BCUT2D eigenvalue weighted by Crippen LogP contribution is -2.14. The molecule has 0 spiro atoms. The average molecular weight is 242 g/mol. The molecule has 0 bridgehead atoms. The Bertz CT molecular complexity index is 725. The van der Waals surface area contributed by atoms with Crippen LogP contribution < -0.4 is 5.69 Å². The number of thiol groups is 1. The van der Waals surface area contributed by atoms with Crippen molar-refractivity contribution in [1.82, 2.24) is 9.55 Å². The van der Waals surface area contributed by atoms with Crippen LogP contribution in [-0.2, 0) is 0 Å². The minimum absolute atomic E-state index is 0.127. The van der Waals surface area contributed by atoms with Crippen LogP contribution in [0.1, 0.15) is 0 Å². The van der Waals surface area contributed by atoms with Crippen molar-refractivity contribution in [2.75, 3.05) is 0 Å². The van der Waals surface area contributed by atoms with Gasteiger partial charge in [0.15, 0.2) is 0 Å². The molecule has 1 aromatic heterocycles. The molecule has 0 fully saturated rings. The lowest BCUT2D eigenvalue weighted by Gasteiger charge is -2.03. The van der Waals surface area contributed by atoms with Gasteiger partial charge in [0.25, 0.3) is 0 Å². The molecule has 0 saturated carbocycles. The smallest absolute Gasteiger partial charge is 0.305 e. The van der Waals surface area contributed by atoms with Crippen molar-refractivity contribution in [1.29, 1.82) is 0 Å². The van der Waals surface area contributed by atoms with Crippen LogP contribution in [0.4, 0.5) is 0 Å². The molecule has 0 radical (unpaired) electrons. The van der Waals surface area contributed by atoms with Gasteiger partial charge in [0.1, 0.15) is 0 Å². The number of aromatic amines is 1. The summed E-state index contributed by atoms with van der Waals surface area (Å²) in [5, 5.41) is 0. The summed E-state index contributed by atoms with van der Waals surface area (Å²) in [6.45, 7) is 0. The zero-order valence-corrected chi connectivity index (χ0v) is 9.82. The Morgan fingerprint density at radius 2 is 1.71 bits per heavy atom. The third-order valence-electron chi connectivity index (χ3n) is 2.70. The summed E-state index contributed by atoms with van der Waals surface area (Å²) in [6.07, 6.45) is 0. The number of H-pyrrole nitrogens is 1. The van der Waals surface area contributed by atoms with Crippen molar-refractivity contribution in [3.8, 4) is 5.69 Å². The van der Waals surface area contributed by atoms with Gasteiger partial charge in [0.2, 0.25) is 0 Å². The number of imidazole rings is 1. The second-order valence-electron chi connectivity index (χ2n) is 3.80. The molecular formula is C13H10N2OS. The molecule has 0 aliphatic carbocycles. The van der Waals surface area contributed by atoms with Crippen molar-refractivity contribution < 1.29 is 0 Å². The van der Waals surface area contributed by atoms with E-state index in [1.807, 2.05) is 48.5 Å². The monoisotopic (exact) mass is 242 g/mol. The van der Waals surface area contributed by atoms with Crippen LogP contribution in [0.15, 0.2) is 58.2 Å². The van der Waals surface area contributed by atoms with Crippen LogP contribution in [0.25, 0.3) is 16.7 Å². The van der Waals surface area contributed by atoms with Crippen LogP contribution in [0, 0.1) is 0 Å². The summed E-state index contributed by atoms with van der Waals surface area (Å²) in [7, 11) is 0. The fourth-order valence-corrected chi connectivity index (χ4v) is 2.06. The molecule has 4 heteroatoms. The predicted molar refractivity (Wildman–Crippen MR) is 71.1 cm³/mol. The van der Waals surface area contributed by atoms with Crippen LogP contribution >= 0.6 is 12.6 Å². The van der Waals surface area contributed by atoms with Crippen molar-refractivity contribution >= 4 is 23.7 Å². The van der Waals surface area contributed by atoms with Crippen molar-refractivity contribution in [2.24, 2.45) is 0 Å². The first kappa shape index (κ1) is 10.2. The Balaban J connectivity index is 2.33. The van der Waals surface area contributed by atoms with Gasteiger partial charge in [-0.25, -0.2) is 4.79 Å². The van der Waals surface area contributed by atoms with Gasteiger partial charge in [0, 0.05) is 4.90 Å². The molecule has 0 atom stereocenters. The molecule has 2 aromatic carbocycles. The molecule has 3 rings (SSSR count). The average Bonchev–Trinajstić information content (AvgIpc) is 2.66. The fourth-order valence-electron chi connectivity index (χ4n) is 1.91. The quantitative estimate of drug-likeness (QED) is 0.632. The maximum absolute atomic E-state index is 11.9. The minimum Gasteiger partial charge on any atom is -0.305 e. The molecule has 0 aliphatic rings. The Kier molecular flexibility index (Phi) is 2.30. The van der Waals surface area contributed by atoms with Gasteiger partial charge in [-0.05, 0) is 36.4 Å². The van der Waals surface area contributed by atoms with Crippen LogP contribution in [0.2, 0.25) is 0 Å². The SMILES string of the molecule is O=c1[nH]c2ccccc2n1-c1ccc(S)cc1. The predicted octanol–water partition coefficient (Wildman–Crippen LogP) is 2.61. The van der Waals surface area contributed by atoms with Crippen molar-refractivity contribution in [3.63, 3.8) is 0 Å². The number of benzene rings is 2. The number of hydrogen-bond acceptors (Lipinski definition) is 2. The maximum atomic E-state index is 11.9. The lowest BCUT2D eigenvalue weighted by molar-refractivity contribution is 1.01. The minimum atomic E-state index is -0.127. The molecular weight excluding hydrogens is 232 g/mol.